The van der Waals surface area contributed by atoms with Crippen molar-refractivity contribution in [3.8, 4) is 6.07 Å². The molecule has 0 saturated carbocycles. The van der Waals surface area contributed by atoms with Gasteiger partial charge < -0.3 is 5.32 Å². The fourth-order valence-electron chi connectivity index (χ4n) is 1.75. The van der Waals surface area contributed by atoms with Crippen LogP contribution in [-0.4, -0.2) is 5.91 Å². The molecule has 21 heavy (non-hydrogen) atoms. The van der Waals surface area contributed by atoms with E-state index in [0.717, 1.165) is 12.1 Å². The highest BCUT2D eigenvalue weighted by Crippen LogP contribution is 2.25. The van der Waals surface area contributed by atoms with E-state index in [1.807, 2.05) is 6.07 Å². The van der Waals surface area contributed by atoms with Crippen molar-refractivity contribution in [1.82, 2.24) is 0 Å². The summed E-state index contributed by atoms with van der Waals surface area (Å²) < 4.78 is 27.0. The number of amides is 1. The van der Waals surface area contributed by atoms with Crippen LogP contribution >= 0.6 is 15.9 Å². The highest BCUT2D eigenvalue weighted by Gasteiger charge is 2.21. The second kappa shape index (κ2) is 6.46. The summed E-state index contributed by atoms with van der Waals surface area (Å²) in [5, 5.41) is 11.3. The Bertz CT molecular complexity index is 714. The lowest BCUT2D eigenvalue weighted by atomic mass is 10.00. The first-order valence-corrected chi connectivity index (χ1v) is 6.72. The van der Waals surface area contributed by atoms with E-state index in [1.165, 1.54) is 0 Å². The zero-order valence-electron chi connectivity index (χ0n) is 10.6. The van der Waals surface area contributed by atoms with Gasteiger partial charge in [-0.1, -0.05) is 30.3 Å². The number of benzene rings is 2. The molecule has 106 valence electrons. The molecule has 0 heterocycles. The molecule has 2 aromatic carbocycles. The van der Waals surface area contributed by atoms with Gasteiger partial charge in [0.1, 0.15) is 11.6 Å². The van der Waals surface area contributed by atoms with Gasteiger partial charge in [-0.05, 0) is 27.6 Å². The number of hydrogen-bond acceptors (Lipinski definition) is 2. The normalized spacial score (nSPS) is 11.5. The summed E-state index contributed by atoms with van der Waals surface area (Å²) in [6, 6.07) is 12.0. The standard InChI is InChI=1S/C15H9BrF2N2O/c16-11-6-13(18)14(7-12(11)17)20-15(21)10(8-19)9-4-2-1-3-5-9/h1-7,10H,(H,20,21). The molecule has 1 N–H and O–H groups in total. The largest absolute Gasteiger partial charge is 0.322 e. The molecule has 0 fully saturated rings. The Balaban J connectivity index is 2.25. The lowest BCUT2D eigenvalue weighted by Gasteiger charge is -2.11. The highest BCUT2D eigenvalue weighted by atomic mass is 79.9. The Kier molecular flexibility index (Phi) is 4.66. The molecule has 0 radical (unpaired) electrons. The van der Waals surface area contributed by atoms with Gasteiger partial charge in [0.2, 0.25) is 5.91 Å². The molecule has 1 amide bonds. The molecule has 1 atom stereocenters. The van der Waals surface area contributed by atoms with Crippen LogP contribution in [0.15, 0.2) is 46.9 Å². The Morgan fingerprint density at radius 2 is 1.86 bits per heavy atom. The third kappa shape index (κ3) is 3.44. The van der Waals surface area contributed by atoms with Crippen molar-refractivity contribution in [3.05, 3.63) is 64.1 Å². The van der Waals surface area contributed by atoms with Gasteiger partial charge in [0.05, 0.1) is 16.2 Å². The molecule has 2 aromatic rings. The number of nitrogens with one attached hydrogen (secondary N) is 1. The second-order valence-electron chi connectivity index (χ2n) is 4.21. The average molecular weight is 351 g/mol. The fraction of sp³-hybridized carbons (Fsp3) is 0.0667. The number of halogens is 3. The van der Waals surface area contributed by atoms with Crippen LogP contribution in [0.25, 0.3) is 0 Å². The van der Waals surface area contributed by atoms with Crippen molar-refractivity contribution in [2.24, 2.45) is 0 Å². The number of carbonyl (C=O) groups is 1. The van der Waals surface area contributed by atoms with E-state index in [4.69, 9.17) is 5.26 Å². The minimum absolute atomic E-state index is 0.0436. The molecule has 3 nitrogen and oxygen atoms in total. The van der Waals surface area contributed by atoms with Gasteiger partial charge in [-0.15, -0.1) is 0 Å². The summed E-state index contributed by atoms with van der Waals surface area (Å²) >= 11 is 2.85. The Hall–Kier alpha value is -2.26. The van der Waals surface area contributed by atoms with E-state index in [1.54, 1.807) is 30.3 Å². The van der Waals surface area contributed by atoms with Gasteiger partial charge in [-0.2, -0.15) is 5.26 Å². The zero-order valence-corrected chi connectivity index (χ0v) is 12.2. The third-order valence-corrected chi connectivity index (χ3v) is 3.40. The first-order chi connectivity index (χ1) is 10.0. The van der Waals surface area contributed by atoms with Crippen molar-refractivity contribution in [2.45, 2.75) is 5.92 Å². The smallest absolute Gasteiger partial charge is 0.246 e. The molecule has 6 heteroatoms. The molecule has 2 rings (SSSR count). The maximum atomic E-state index is 13.7. The number of carbonyl (C=O) groups excluding carboxylic acids is 1. The number of rotatable bonds is 3. The zero-order chi connectivity index (χ0) is 15.4. The first kappa shape index (κ1) is 15.1. The molecule has 1 unspecified atom stereocenters. The van der Waals surface area contributed by atoms with E-state index < -0.39 is 23.5 Å². The van der Waals surface area contributed by atoms with Crippen molar-refractivity contribution >= 4 is 27.5 Å². The van der Waals surface area contributed by atoms with Gasteiger partial charge >= 0.3 is 0 Å². The molecule has 0 aromatic heterocycles. The Morgan fingerprint density at radius 1 is 1.19 bits per heavy atom. The average Bonchev–Trinajstić information content (AvgIpc) is 2.46. The van der Waals surface area contributed by atoms with Gasteiger partial charge in [0.25, 0.3) is 0 Å². The molecule has 0 aliphatic carbocycles. The van der Waals surface area contributed by atoms with Crippen LogP contribution in [0.1, 0.15) is 11.5 Å². The van der Waals surface area contributed by atoms with E-state index >= 15 is 0 Å². The molecule has 0 bridgehead atoms. The SMILES string of the molecule is N#CC(C(=O)Nc1cc(F)c(Br)cc1F)c1ccccc1. The minimum Gasteiger partial charge on any atom is -0.322 e. The van der Waals surface area contributed by atoms with Gasteiger partial charge in [-0.3, -0.25) is 4.79 Å². The van der Waals surface area contributed by atoms with Gasteiger partial charge in [0.15, 0.2) is 5.92 Å². The van der Waals surface area contributed by atoms with Crippen molar-refractivity contribution < 1.29 is 13.6 Å². The van der Waals surface area contributed by atoms with Crippen LogP contribution in [0.5, 0.6) is 0 Å². The van der Waals surface area contributed by atoms with Gasteiger partial charge in [-0.25, -0.2) is 8.78 Å². The van der Waals surface area contributed by atoms with Gasteiger partial charge in [0, 0.05) is 6.07 Å². The highest BCUT2D eigenvalue weighted by molar-refractivity contribution is 9.10. The fourth-order valence-corrected chi connectivity index (χ4v) is 2.07. The summed E-state index contributed by atoms with van der Waals surface area (Å²) in [4.78, 5) is 12.1. The maximum absolute atomic E-state index is 13.7. The predicted molar refractivity (Wildman–Crippen MR) is 77.5 cm³/mol. The topological polar surface area (TPSA) is 52.9 Å². The summed E-state index contributed by atoms with van der Waals surface area (Å²) in [5.41, 5.74) is 0.173. The molecule has 0 aliphatic rings. The third-order valence-electron chi connectivity index (χ3n) is 2.79. The summed E-state index contributed by atoms with van der Waals surface area (Å²) in [7, 11) is 0. The first-order valence-electron chi connectivity index (χ1n) is 5.93. The second-order valence-corrected chi connectivity index (χ2v) is 5.06. The van der Waals surface area contributed by atoms with Crippen molar-refractivity contribution in [2.75, 3.05) is 5.32 Å². The predicted octanol–water partition coefficient (Wildman–Crippen LogP) is 3.97. The van der Waals surface area contributed by atoms with Crippen molar-refractivity contribution in [1.29, 1.82) is 5.26 Å². The van der Waals surface area contributed by atoms with Crippen LogP contribution in [-0.2, 0) is 4.79 Å². The van der Waals surface area contributed by atoms with Crippen molar-refractivity contribution in [3.63, 3.8) is 0 Å². The number of anilines is 1. The maximum Gasteiger partial charge on any atom is 0.246 e. The Morgan fingerprint density at radius 3 is 2.48 bits per heavy atom. The van der Waals surface area contributed by atoms with Crippen LogP contribution in [0.4, 0.5) is 14.5 Å². The summed E-state index contributed by atoms with van der Waals surface area (Å²) in [5.74, 6) is -3.32. The van der Waals surface area contributed by atoms with E-state index in [9.17, 15) is 13.6 Å². The van der Waals surface area contributed by atoms with E-state index in [2.05, 4.69) is 21.2 Å². The minimum atomic E-state index is -1.10. The molecular weight excluding hydrogens is 342 g/mol. The Labute approximate surface area is 128 Å². The summed E-state index contributed by atoms with van der Waals surface area (Å²) in [6.45, 7) is 0. The summed E-state index contributed by atoms with van der Waals surface area (Å²) in [6.07, 6.45) is 0. The molecule has 0 spiro atoms. The lowest BCUT2D eigenvalue weighted by Crippen LogP contribution is -2.20. The van der Waals surface area contributed by atoms with Crippen LogP contribution < -0.4 is 5.32 Å². The quantitative estimate of drug-likeness (QED) is 0.851. The molecule has 0 aliphatic heterocycles. The molecule has 0 saturated heterocycles. The monoisotopic (exact) mass is 350 g/mol. The van der Waals surface area contributed by atoms with E-state index in [0.29, 0.717) is 5.56 Å². The lowest BCUT2D eigenvalue weighted by molar-refractivity contribution is -0.116. The number of hydrogen-bond donors (Lipinski definition) is 1. The van der Waals surface area contributed by atoms with Crippen LogP contribution in [0, 0.1) is 23.0 Å². The van der Waals surface area contributed by atoms with E-state index in [-0.39, 0.29) is 10.2 Å². The number of nitrogens with zero attached hydrogens (tertiary/aromatic N) is 1. The van der Waals surface area contributed by atoms with Crippen LogP contribution in [0.2, 0.25) is 0 Å². The van der Waals surface area contributed by atoms with Crippen LogP contribution in [0.3, 0.4) is 0 Å². The molecular formula is C15H9BrF2N2O. The number of nitriles is 1.